The zero-order chi connectivity index (χ0) is 15.3. The van der Waals surface area contributed by atoms with E-state index in [9.17, 15) is 9.59 Å². The molecule has 0 unspecified atom stereocenters. The van der Waals surface area contributed by atoms with Gasteiger partial charge < -0.3 is 10.3 Å². The van der Waals surface area contributed by atoms with Crippen molar-refractivity contribution in [3.05, 3.63) is 55.8 Å². The molecule has 1 aromatic carbocycles. The number of nitrogens with zero attached hydrogens (tertiary/aromatic N) is 3. The first-order chi connectivity index (χ1) is 9.91. The summed E-state index contributed by atoms with van der Waals surface area (Å²) in [5.41, 5.74) is 6.24. The van der Waals surface area contributed by atoms with E-state index in [2.05, 4.69) is 15.9 Å². The Hall–Kier alpha value is -2.28. The number of nitrogen functional groups attached to an aromatic ring is 1. The third kappa shape index (κ3) is 1.92. The second-order valence-corrected chi connectivity index (χ2v) is 5.74. The summed E-state index contributed by atoms with van der Waals surface area (Å²) < 4.78 is 4.98. The van der Waals surface area contributed by atoms with Crippen LogP contribution in [-0.4, -0.2) is 13.7 Å². The van der Waals surface area contributed by atoms with Gasteiger partial charge in [-0.3, -0.25) is 13.9 Å². The van der Waals surface area contributed by atoms with Crippen LogP contribution in [0.2, 0.25) is 0 Å². The summed E-state index contributed by atoms with van der Waals surface area (Å²) >= 11 is 3.41. The van der Waals surface area contributed by atoms with E-state index in [4.69, 9.17) is 5.73 Å². The van der Waals surface area contributed by atoms with Crippen LogP contribution < -0.4 is 17.0 Å². The van der Waals surface area contributed by atoms with Gasteiger partial charge in [0.25, 0.3) is 5.56 Å². The van der Waals surface area contributed by atoms with Crippen LogP contribution >= 0.6 is 15.9 Å². The maximum absolute atomic E-state index is 12.4. The lowest BCUT2D eigenvalue weighted by molar-refractivity contribution is 0.686. The molecule has 7 heteroatoms. The lowest BCUT2D eigenvalue weighted by Gasteiger charge is -2.13. The Morgan fingerprint density at radius 2 is 1.81 bits per heavy atom. The van der Waals surface area contributed by atoms with E-state index >= 15 is 0 Å². The van der Waals surface area contributed by atoms with Gasteiger partial charge in [0, 0.05) is 30.2 Å². The van der Waals surface area contributed by atoms with E-state index in [1.807, 2.05) is 24.3 Å². The molecule has 0 amide bonds. The maximum Gasteiger partial charge on any atom is 0.332 e. The minimum Gasteiger partial charge on any atom is -0.383 e. The first kappa shape index (κ1) is 13.7. The number of benzene rings is 1. The maximum atomic E-state index is 12.4. The van der Waals surface area contributed by atoms with Crippen LogP contribution in [0.25, 0.3) is 16.6 Å². The molecule has 2 N–H and O–H groups in total. The van der Waals surface area contributed by atoms with E-state index in [-0.39, 0.29) is 11.5 Å². The minimum atomic E-state index is -0.444. The molecule has 2 aromatic heterocycles. The molecule has 3 aromatic rings. The Balaban J connectivity index is 2.44. The van der Waals surface area contributed by atoms with Crippen molar-refractivity contribution in [1.82, 2.24) is 13.7 Å². The predicted octanol–water partition coefficient (Wildman–Crippen LogP) is 1.37. The van der Waals surface area contributed by atoms with Crippen molar-refractivity contribution in [2.24, 2.45) is 14.1 Å². The van der Waals surface area contributed by atoms with E-state index < -0.39 is 11.2 Å². The van der Waals surface area contributed by atoms with Crippen LogP contribution in [0.5, 0.6) is 0 Å². The Kier molecular flexibility index (Phi) is 3.02. The molecule has 2 heterocycles. The zero-order valence-corrected chi connectivity index (χ0v) is 13.1. The Morgan fingerprint density at radius 3 is 2.52 bits per heavy atom. The molecule has 21 heavy (non-hydrogen) atoms. The first-order valence-corrected chi connectivity index (χ1v) is 7.03. The summed E-state index contributed by atoms with van der Waals surface area (Å²) in [6.45, 7) is 0. The second kappa shape index (κ2) is 4.63. The zero-order valence-electron chi connectivity index (χ0n) is 11.5. The predicted molar refractivity (Wildman–Crippen MR) is 85.9 cm³/mol. The number of nitrogens with two attached hydrogens (primary N) is 1. The van der Waals surface area contributed by atoms with Gasteiger partial charge in [-0.25, -0.2) is 4.79 Å². The van der Waals surface area contributed by atoms with Gasteiger partial charge in [0.1, 0.15) is 5.82 Å². The van der Waals surface area contributed by atoms with E-state index in [1.165, 1.54) is 11.6 Å². The average Bonchev–Trinajstić information content (AvgIpc) is 2.86. The quantitative estimate of drug-likeness (QED) is 0.721. The van der Waals surface area contributed by atoms with Gasteiger partial charge in [0.15, 0.2) is 5.69 Å². The molecule has 0 spiro atoms. The highest BCUT2D eigenvalue weighted by Gasteiger charge is 2.16. The lowest BCUT2D eigenvalue weighted by Crippen LogP contribution is -2.40. The Bertz CT molecular complexity index is 981. The first-order valence-electron chi connectivity index (χ1n) is 6.24. The number of anilines is 1. The molecule has 0 bridgehead atoms. The van der Waals surface area contributed by atoms with E-state index in [1.54, 1.807) is 17.8 Å². The van der Waals surface area contributed by atoms with Crippen molar-refractivity contribution in [1.29, 1.82) is 0 Å². The highest BCUT2D eigenvalue weighted by atomic mass is 79.9. The van der Waals surface area contributed by atoms with Crippen LogP contribution in [-0.2, 0) is 14.1 Å². The SMILES string of the molecule is Cn1c(N)c(-n2ccc3cc(Br)ccc32)c(=O)n(C)c1=O. The largest absolute Gasteiger partial charge is 0.383 e. The molecule has 0 radical (unpaired) electrons. The molecular weight excluding hydrogens is 336 g/mol. The monoisotopic (exact) mass is 348 g/mol. The summed E-state index contributed by atoms with van der Waals surface area (Å²) in [4.78, 5) is 24.3. The van der Waals surface area contributed by atoms with E-state index in [0.717, 1.165) is 19.9 Å². The van der Waals surface area contributed by atoms with Gasteiger partial charge in [-0.1, -0.05) is 15.9 Å². The van der Waals surface area contributed by atoms with Crippen molar-refractivity contribution in [2.45, 2.75) is 0 Å². The van der Waals surface area contributed by atoms with Gasteiger partial charge in [-0.05, 0) is 24.3 Å². The fourth-order valence-corrected chi connectivity index (χ4v) is 2.76. The molecule has 108 valence electrons. The normalized spacial score (nSPS) is 11.2. The molecule has 0 saturated carbocycles. The summed E-state index contributed by atoms with van der Waals surface area (Å²) in [7, 11) is 2.98. The topological polar surface area (TPSA) is 74.9 Å². The van der Waals surface area contributed by atoms with Crippen molar-refractivity contribution in [3.63, 3.8) is 0 Å². The number of hydrogen-bond donors (Lipinski definition) is 1. The molecule has 0 aliphatic rings. The molecule has 0 atom stereocenters. The average molecular weight is 349 g/mol. The van der Waals surface area contributed by atoms with Crippen molar-refractivity contribution in [2.75, 3.05) is 5.73 Å². The summed E-state index contributed by atoms with van der Waals surface area (Å²) in [5, 5.41) is 0.972. The fourth-order valence-electron chi connectivity index (χ4n) is 2.38. The van der Waals surface area contributed by atoms with Crippen molar-refractivity contribution < 1.29 is 0 Å². The number of halogens is 1. The van der Waals surface area contributed by atoms with Crippen molar-refractivity contribution >= 4 is 32.7 Å². The highest BCUT2D eigenvalue weighted by Crippen LogP contribution is 2.24. The minimum absolute atomic E-state index is 0.142. The van der Waals surface area contributed by atoms with Gasteiger partial charge in [-0.15, -0.1) is 0 Å². The molecule has 0 saturated heterocycles. The van der Waals surface area contributed by atoms with E-state index in [0.29, 0.717) is 0 Å². The Labute approximate surface area is 128 Å². The van der Waals surface area contributed by atoms with Crippen LogP contribution in [0, 0.1) is 0 Å². The summed E-state index contributed by atoms with van der Waals surface area (Å²) in [6, 6.07) is 7.63. The third-order valence-corrected chi connectivity index (χ3v) is 4.07. The van der Waals surface area contributed by atoms with Gasteiger partial charge in [0.2, 0.25) is 0 Å². The van der Waals surface area contributed by atoms with Crippen LogP contribution in [0.15, 0.2) is 44.5 Å². The van der Waals surface area contributed by atoms with Crippen LogP contribution in [0.4, 0.5) is 5.82 Å². The standard InChI is InChI=1S/C14H13BrN4O2/c1-17-12(16)11(13(20)18(2)14(17)21)19-6-5-8-7-9(15)3-4-10(8)19/h3-7H,16H2,1-2H3. The highest BCUT2D eigenvalue weighted by molar-refractivity contribution is 9.10. The molecule has 0 aliphatic carbocycles. The van der Waals surface area contributed by atoms with Gasteiger partial charge >= 0.3 is 5.69 Å². The molecular formula is C14H13BrN4O2. The summed E-state index contributed by atoms with van der Waals surface area (Å²) in [6.07, 6.45) is 1.77. The third-order valence-electron chi connectivity index (χ3n) is 3.58. The smallest absolute Gasteiger partial charge is 0.332 e. The van der Waals surface area contributed by atoms with Crippen LogP contribution in [0.1, 0.15) is 0 Å². The summed E-state index contributed by atoms with van der Waals surface area (Å²) in [5.74, 6) is 0.142. The molecule has 3 rings (SSSR count). The lowest BCUT2D eigenvalue weighted by atomic mass is 10.2. The fraction of sp³-hybridized carbons (Fsp3) is 0.143. The molecule has 0 aliphatic heterocycles. The van der Waals surface area contributed by atoms with Gasteiger partial charge in [-0.2, -0.15) is 0 Å². The van der Waals surface area contributed by atoms with Crippen molar-refractivity contribution in [3.8, 4) is 5.69 Å². The number of rotatable bonds is 1. The number of hydrogen-bond acceptors (Lipinski definition) is 3. The van der Waals surface area contributed by atoms with Gasteiger partial charge in [0.05, 0.1) is 5.52 Å². The number of aromatic nitrogens is 3. The Morgan fingerprint density at radius 1 is 1.10 bits per heavy atom. The van der Waals surface area contributed by atoms with Crippen LogP contribution in [0.3, 0.4) is 0 Å². The number of fused-ring (bicyclic) bond motifs is 1. The molecule has 0 fully saturated rings. The molecule has 6 nitrogen and oxygen atoms in total. The second-order valence-electron chi connectivity index (χ2n) is 4.83.